The van der Waals surface area contributed by atoms with Gasteiger partial charge >= 0.3 is 0 Å². The van der Waals surface area contributed by atoms with Gasteiger partial charge in [0.2, 0.25) is 0 Å². The standard InChI is InChI=1S/C9H15N3/c1-2-4-12-5-3-8-6-10-11-9(8)7-12/h6H,2-5,7H2,1H3,(H,10,11). The number of nitrogens with zero attached hydrogens (tertiary/aromatic N) is 2. The Labute approximate surface area is 72.8 Å². The molecular weight excluding hydrogens is 150 g/mol. The van der Waals surface area contributed by atoms with Crippen molar-refractivity contribution in [2.45, 2.75) is 26.3 Å². The van der Waals surface area contributed by atoms with E-state index < -0.39 is 0 Å². The van der Waals surface area contributed by atoms with Crippen molar-refractivity contribution in [3.8, 4) is 0 Å². The van der Waals surface area contributed by atoms with Gasteiger partial charge in [-0.05, 0) is 24.9 Å². The molecule has 1 aromatic heterocycles. The lowest BCUT2D eigenvalue weighted by Crippen LogP contribution is -2.30. The van der Waals surface area contributed by atoms with Crippen LogP contribution in [0.5, 0.6) is 0 Å². The van der Waals surface area contributed by atoms with Crippen LogP contribution in [-0.2, 0) is 13.0 Å². The second-order valence-electron chi connectivity index (χ2n) is 3.38. The molecular formula is C9H15N3. The van der Waals surface area contributed by atoms with Gasteiger partial charge in [-0.3, -0.25) is 10.00 Å². The Morgan fingerprint density at radius 1 is 1.67 bits per heavy atom. The predicted molar refractivity (Wildman–Crippen MR) is 47.9 cm³/mol. The SMILES string of the molecule is CCCN1CCc2c[nH]nc2C1. The first-order valence-corrected chi connectivity index (χ1v) is 4.64. The number of rotatable bonds is 2. The zero-order chi connectivity index (χ0) is 8.39. The van der Waals surface area contributed by atoms with Crippen LogP contribution in [0.1, 0.15) is 24.6 Å². The highest BCUT2D eigenvalue weighted by Gasteiger charge is 2.16. The highest BCUT2D eigenvalue weighted by Crippen LogP contribution is 2.15. The van der Waals surface area contributed by atoms with E-state index in [1.54, 1.807) is 0 Å². The van der Waals surface area contributed by atoms with Crippen LogP contribution >= 0.6 is 0 Å². The number of hydrogen-bond donors (Lipinski definition) is 1. The Morgan fingerprint density at radius 3 is 3.42 bits per heavy atom. The molecule has 1 N–H and O–H groups in total. The molecule has 1 aromatic rings. The summed E-state index contributed by atoms with van der Waals surface area (Å²) in [6, 6.07) is 0. The monoisotopic (exact) mass is 165 g/mol. The molecule has 0 saturated carbocycles. The highest BCUT2D eigenvalue weighted by molar-refractivity contribution is 5.18. The van der Waals surface area contributed by atoms with Gasteiger partial charge in [-0.15, -0.1) is 0 Å². The van der Waals surface area contributed by atoms with Gasteiger partial charge < -0.3 is 0 Å². The maximum Gasteiger partial charge on any atom is 0.0794 e. The number of fused-ring (bicyclic) bond motifs is 1. The van der Waals surface area contributed by atoms with Crippen molar-refractivity contribution < 1.29 is 0 Å². The summed E-state index contributed by atoms with van der Waals surface area (Å²) in [5, 5.41) is 7.15. The van der Waals surface area contributed by atoms with Crippen molar-refractivity contribution in [1.82, 2.24) is 15.1 Å². The van der Waals surface area contributed by atoms with E-state index in [0.717, 1.165) is 13.0 Å². The van der Waals surface area contributed by atoms with Gasteiger partial charge in [0.25, 0.3) is 0 Å². The summed E-state index contributed by atoms with van der Waals surface area (Å²) in [4.78, 5) is 2.46. The Hall–Kier alpha value is -0.830. The minimum Gasteiger partial charge on any atom is -0.297 e. The lowest BCUT2D eigenvalue weighted by molar-refractivity contribution is 0.252. The van der Waals surface area contributed by atoms with E-state index in [9.17, 15) is 0 Å². The number of aromatic nitrogens is 2. The van der Waals surface area contributed by atoms with E-state index >= 15 is 0 Å². The molecule has 66 valence electrons. The molecule has 0 bridgehead atoms. The van der Waals surface area contributed by atoms with Crippen LogP contribution in [0.2, 0.25) is 0 Å². The Morgan fingerprint density at radius 2 is 2.58 bits per heavy atom. The van der Waals surface area contributed by atoms with Crippen LogP contribution < -0.4 is 0 Å². The maximum atomic E-state index is 4.22. The third-order valence-electron chi connectivity index (χ3n) is 2.42. The zero-order valence-corrected chi connectivity index (χ0v) is 7.51. The zero-order valence-electron chi connectivity index (χ0n) is 7.51. The van der Waals surface area contributed by atoms with Gasteiger partial charge in [0.1, 0.15) is 0 Å². The predicted octanol–water partition coefficient (Wildman–Crippen LogP) is 1.18. The van der Waals surface area contributed by atoms with E-state index in [0.29, 0.717) is 0 Å². The van der Waals surface area contributed by atoms with Gasteiger partial charge in [-0.25, -0.2) is 0 Å². The molecule has 0 unspecified atom stereocenters. The second-order valence-corrected chi connectivity index (χ2v) is 3.38. The number of H-pyrrole nitrogens is 1. The molecule has 12 heavy (non-hydrogen) atoms. The molecule has 0 aliphatic carbocycles. The summed E-state index contributed by atoms with van der Waals surface area (Å²) in [7, 11) is 0. The molecule has 3 heteroatoms. The van der Waals surface area contributed by atoms with Crippen LogP contribution in [0.15, 0.2) is 6.20 Å². The second kappa shape index (κ2) is 3.27. The molecule has 1 aliphatic rings. The average Bonchev–Trinajstić information content (AvgIpc) is 2.51. The molecule has 2 rings (SSSR count). The topological polar surface area (TPSA) is 31.9 Å². The summed E-state index contributed by atoms with van der Waals surface area (Å²) >= 11 is 0. The number of hydrogen-bond acceptors (Lipinski definition) is 2. The van der Waals surface area contributed by atoms with E-state index in [2.05, 4.69) is 22.0 Å². The van der Waals surface area contributed by atoms with Gasteiger partial charge in [0.15, 0.2) is 0 Å². The fraction of sp³-hybridized carbons (Fsp3) is 0.667. The maximum absolute atomic E-state index is 4.22. The highest BCUT2D eigenvalue weighted by atomic mass is 15.2. The Balaban J connectivity index is 2.05. The molecule has 0 radical (unpaired) electrons. The van der Waals surface area contributed by atoms with Crippen LogP contribution in [0, 0.1) is 0 Å². The molecule has 0 atom stereocenters. The minimum atomic E-state index is 1.03. The van der Waals surface area contributed by atoms with Crippen molar-refractivity contribution in [3.05, 3.63) is 17.5 Å². The number of aromatic amines is 1. The fourth-order valence-corrected chi connectivity index (χ4v) is 1.77. The normalized spacial score (nSPS) is 17.8. The van der Waals surface area contributed by atoms with E-state index in [1.807, 2.05) is 6.20 Å². The summed E-state index contributed by atoms with van der Waals surface area (Å²) in [5.74, 6) is 0. The van der Waals surface area contributed by atoms with Crippen molar-refractivity contribution in [3.63, 3.8) is 0 Å². The summed E-state index contributed by atoms with van der Waals surface area (Å²) in [5.41, 5.74) is 2.65. The van der Waals surface area contributed by atoms with Gasteiger partial charge in [-0.1, -0.05) is 6.92 Å². The molecule has 1 aliphatic heterocycles. The van der Waals surface area contributed by atoms with Gasteiger partial charge in [0, 0.05) is 19.3 Å². The van der Waals surface area contributed by atoms with Crippen LogP contribution in [0.3, 0.4) is 0 Å². The van der Waals surface area contributed by atoms with E-state index in [-0.39, 0.29) is 0 Å². The largest absolute Gasteiger partial charge is 0.297 e. The molecule has 0 saturated heterocycles. The van der Waals surface area contributed by atoms with Crippen molar-refractivity contribution in [2.24, 2.45) is 0 Å². The minimum absolute atomic E-state index is 1.03. The Kier molecular flexibility index (Phi) is 2.13. The van der Waals surface area contributed by atoms with Crippen LogP contribution in [-0.4, -0.2) is 28.2 Å². The van der Waals surface area contributed by atoms with Crippen LogP contribution in [0.25, 0.3) is 0 Å². The fourth-order valence-electron chi connectivity index (χ4n) is 1.77. The van der Waals surface area contributed by atoms with Gasteiger partial charge in [-0.2, -0.15) is 5.10 Å². The van der Waals surface area contributed by atoms with E-state index in [1.165, 1.54) is 30.8 Å². The van der Waals surface area contributed by atoms with E-state index in [4.69, 9.17) is 0 Å². The quantitative estimate of drug-likeness (QED) is 0.713. The van der Waals surface area contributed by atoms with Crippen molar-refractivity contribution in [2.75, 3.05) is 13.1 Å². The molecule has 3 nitrogen and oxygen atoms in total. The average molecular weight is 165 g/mol. The molecule has 0 amide bonds. The smallest absolute Gasteiger partial charge is 0.0794 e. The summed E-state index contributed by atoms with van der Waals surface area (Å²) in [6.07, 6.45) is 4.42. The molecule has 0 aromatic carbocycles. The van der Waals surface area contributed by atoms with Crippen molar-refractivity contribution >= 4 is 0 Å². The first-order chi connectivity index (χ1) is 5.90. The summed E-state index contributed by atoms with van der Waals surface area (Å²) in [6.45, 7) is 5.65. The van der Waals surface area contributed by atoms with Gasteiger partial charge in [0.05, 0.1) is 5.69 Å². The first kappa shape index (κ1) is 7.80. The number of nitrogens with one attached hydrogen (secondary N) is 1. The molecule has 0 spiro atoms. The lowest BCUT2D eigenvalue weighted by Gasteiger charge is -2.24. The lowest BCUT2D eigenvalue weighted by atomic mass is 10.1. The van der Waals surface area contributed by atoms with Crippen molar-refractivity contribution in [1.29, 1.82) is 0 Å². The van der Waals surface area contributed by atoms with Crippen LogP contribution in [0.4, 0.5) is 0 Å². The Bertz CT molecular complexity index is 254. The third-order valence-corrected chi connectivity index (χ3v) is 2.42. The third kappa shape index (κ3) is 1.37. The first-order valence-electron chi connectivity index (χ1n) is 4.64. The molecule has 2 heterocycles. The molecule has 0 fully saturated rings. The summed E-state index contributed by atoms with van der Waals surface area (Å²) < 4.78 is 0.